The van der Waals surface area contributed by atoms with Crippen molar-refractivity contribution in [3.8, 4) is 0 Å². The first-order chi connectivity index (χ1) is 23.1. The zero-order valence-corrected chi connectivity index (χ0v) is 30.0. The third kappa shape index (κ3) is 28.6. The van der Waals surface area contributed by atoms with Crippen LogP contribution in [0.25, 0.3) is 0 Å². The van der Waals surface area contributed by atoms with Crippen molar-refractivity contribution in [2.75, 3.05) is 0 Å². The molecule has 304 valence electrons. The Kier molecular flexibility index (Phi) is 30.2. The van der Waals surface area contributed by atoms with Crippen molar-refractivity contribution < 1.29 is 145 Å². The van der Waals surface area contributed by atoms with Gasteiger partial charge in [-0.2, -0.15) is 0 Å². The fourth-order valence-electron chi connectivity index (χ4n) is 2.86. The molecule has 0 aromatic heterocycles. The van der Waals surface area contributed by atoms with Gasteiger partial charge in [0, 0.05) is 0 Å². The summed E-state index contributed by atoms with van der Waals surface area (Å²) in [6.07, 6.45) is -9.15. The van der Waals surface area contributed by atoms with Gasteiger partial charge in [0.15, 0.2) is 22.4 Å². The molecule has 0 bridgehead atoms. The quantitative estimate of drug-likeness (QED) is 0.0510. The fourth-order valence-corrected chi connectivity index (χ4v) is 2.86. The van der Waals surface area contributed by atoms with Crippen LogP contribution in [0.1, 0.15) is 57.1 Å². The van der Waals surface area contributed by atoms with Crippen LogP contribution in [0.3, 0.4) is 0 Å². The van der Waals surface area contributed by atoms with Gasteiger partial charge in [-0.05, 0) is 0 Å². The van der Waals surface area contributed by atoms with Crippen LogP contribution in [-0.4, -0.2) is 222 Å². The summed E-state index contributed by atoms with van der Waals surface area (Å²) in [5.74, 6) is -20.1. The zero-order valence-electron chi connectivity index (χ0n) is 31.1. The standard InChI is InChI=1S/4C6H8O7.2Mg.4H/c4*7-3(8)1-6(13,5(11)12)2-4(9)10;;;;;;/h4*13H,1-2H2,(H,7,8)(H,9,10)(H,11,12);;;;;;/q;;;;2*+2;4*-1. The molecule has 0 fully saturated rings. The van der Waals surface area contributed by atoms with Crippen LogP contribution in [0.4, 0.5) is 0 Å². The maximum absolute atomic E-state index is 10.3. The Bertz CT molecular complexity index is 1150. The normalized spacial score (nSPS) is 10.4. The summed E-state index contributed by atoms with van der Waals surface area (Å²) >= 11 is 0. The van der Waals surface area contributed by atoms with Gasteiger partial charge < -0.3 is 87.4 Å². The number of carboxylic acid groups (broad SMARTS) is 12. The molecule has 0 aliphatic carbocycles. The molecule has 16 N–H and O–H groups in total. The van der Waals surface area contributed by atoms with Crippen LogP contribution in [0.15, 0.2) is 0 Å². The number of rotatable bonds is 20. The van der Waals surface area contributed by atoms with Gasteiger partial charge in [-0.25, -0.2) is 19.2 Å². The first-order valence-electron chi connectivity index (χ1n) is 12.7. The Labute approximate surface area is 335 Å². The molecule has 28 nitrogen and oxygen atoms in total. The Balaban J connectivity index is -0.0000000640. The van der Waals surface area contributed by atoms with E-state index in [1.165, 1.54) is 0 Å². The van der Waals surface area contributed by atoms with Gasteiger partial charge in [0.1, 0.15) is 0 Å². The van der Waals surface area contributed by atoms with Crippen LogP contribution in [-0.2, 0) is 57.5 Å². The van der Waals surface area contributed by atoms with E-state index in [2.05, 4.69) is 0 Å². The average Bonchev–Trinajstić information content (AvgIpc) is 2.85. The molecule has 0 heterocycles. The van der Waals surface area contributed by atoms with Crippen molar-refractivity contribution in [1.82, 2.24) is 0 Å². The molecular weight excluding hydrogens is 785 g/mol. The maximum Gasteiger partial charge on any atom is 2.00 e. The Morgan fingerprint density at radius 3 is 0.370 bits per heavy atom. The minimum Gasteiger partial charge on any atom is -1.00 e. The molecule has 0 radical (unpaired) electrons. The van der Waals surface area contributed by atoms with E-state index in [0.717, 1.165) is 0 Å². The summed E-state index contributed by atoms with van der Waals surface area (Å²) in [7, 11) is 0. The molecule has 0 aromatic rings. The molecule has 0 aromatic carbocycles. The second-order valence-electron chi connectivity index (χ2n) is 9.91. The van der Waals surface area contributed by atoms with Gasteiger partial charge in [0.25, 0.3) is 0 Å². The largest absolute Gasteiger partial charge is 2.00 e. The van der Waals surface area contributed by atoms with Gasteiger partial charge in [-0.15, -0.1) is 0 Å². The summed E-state index contributed by atoms with van der Waals surface area (Å²) in [6, 6.07) is 0. The van der Waals surface area contributed by atoms with Crippen LogP contribution >= 0.6 is 0 Å². The van der Waals surface area contributed by atoms with Crippen molar-refractivity contribution in [1.29, 1.82) is 0 Å². The fraction of sp³-hybridized carbons (Fsp3) is 0.500. The van der Waals surface area contributed by atoms with Crippen molar-refractivity contribution in [2.45, 2.75) is 73.8 Å². The summed E-state index contributed by atoms with van der Waals surface area (Å²) in [5.41, 5.74) is -11.0. The molecule has 0 rings (SSSR count). The van der Waals surface area contributed by atoms with Crippen LogP contribution < -0.4 is 0 Å². The number of carboxylic acids is 12. The number of hydrogen-bond donors (Lipinski definition) is 16. The van der Waals surface area contributed by atoms with Crippen LogP contribution in [0.2, 0.25) is 0 Å². The van der Waals surface area contributed by atoms with Gasteiger partial charge >= 0.3 is 118 Å². The van der Waals surface area contributed by atoms with Gasteiger partial charge in [-0.3, -0.25) is 38.4 Å². The molecule has 0 amide bonds. The summed E-state index contributed by atoms with van der Waals surface area (Å²) in [4.78, 5) is 122. The summed E-state index contributed by atoms with van der Waals surface area (Å²) < 4.78 is 0. The third-order valence-electron chi connectivity index (χ3n) is 5.14. The molecular formula is C24H36Mg2O28. The number of aliphatic carboxylic acids is 12. The van der Waals surface area contributed by atoms with E-state index in [-0.39, 0.29) is 51.8 Å². The molecule has 0 saturated carbocycles. The van der Waals surface area contributed by atoms with Gasteiger partial charge in [0.2, 0.25) is 0 Å². The van der Waals surface area contributed by atoms with E-state index in [4.69, 9.17) is 81.7 Å². The first-order valence-corrected chi connectivity index (χ1v) is 12.7. The van der Waals surface area contributed by atoms with Gasteiger partial charge in [-0.1, -0.05) is 0 Å². The number of hydrogen-bond acceptors (Lipinski definition) is 16. The smallest absolute Gasteiger partial charge is 1.00 e. The Morgan fingerprint density at radius 1 is 0.259 bits per heavy atom. The average molecular weight is 821 g/mol. The molecule has 54 heavy (non-hydrogen) atoms. The van der Waals surface area contributed by atoms with Crippen molar-refractivity contribution >= 4 is 118 Å². The SMILES string of the molecule is O=C(O)CC(O)(CC(=O)O)C(=O)O.O=C(O)CC(O)(CC(=O)O)C(=O)O.O=C(O)CC(O)(CC(=O)O)C(=O)O.O=C(O)CC(O)(CC(=O)O)C(=O)O.[H-].[H-].[H-].[H-].[Mg+2].[Mg+2]. The van der Waals surface area contributed by atoms with Crippen LogP contribution in [0.5, 0.6) is 0 Å². The van der Waals surface area contributed by atoms with E-state index in [1.54, 1.807) is 0 Å². The molecule has 0 atom stereocenters. The van der Waals surface area contributed by atoms with Gasteiger partial charge in [0.05, 0.1) is 51.4 Å². The third-order valence-corrected chi connectivity index (χ3v) is 5.14. The second kappa shape index (κ2) is 26.7. The summed E-state index contributed by atoms with van der Waals surface area (Å²) in [6.45, 7) is 0. The van der Waals surface area contributed by atoms with E-state index in [9.17, 15) is 57.5 Å². The Hall–Kier alpha value is -4.99. The van der Waals surface area contributed by atoms with E-state index >= 15 is 0 Å². The van der Waals surface area contributed by atoms with Crippen LogP contribution in [0, 0.1) is 0 Å². The van der Waals surface area contributed by atoms with E-state index in [1.807, 2.05) is 0 Å². The number of carbonyl (C=O) groups is 12. The predicted molar refractivity (Wildman–Crippen MR) is 164 cm³/mol. The van der Waals surface area contributed by atoms with Crippen molar-refractivity contribution in [3.05, 3.63) is 0 Å². The molecule has 0 unspecified atom stereocenters. The minimum absolute atomic E-state index is 0. The molecule has 0 aliphatic heterocycles. The second-order valence-corrected chi connectivity index (χ2v) is 9.91. The molecule has 0 spiro atoms. The Morgan fingerprint density at radius 2 is 0.333 bits per heavy atom. The molecule has 0 aliphatic rings. The number of aliphatic hydroxyl groups is 4. The van der Waals surface area contributed by atoms with Crippen molar-refractivity contribution in [3.63, 3.8) is 0 Å². The van der Waals surface area contributed by atoms with E-state index in [0.29, 0.717) is 0 Å². The van der Waals surface area contributed by atoms with E-state index < -0.39 is 145 Å². The monoisotopic (exact) mass is 820 g/mol. The minimum atomic E-state index is -2.74. The zero-order chi connectivity index (χ0) is 42.6. The summed E-state index contributed by atoms with van der Waals surface area (Å²) in [5, 5.41) is 135. The first kappa shape index (κ1) is 61.1. The topological polar surface area (TPSA) is 529 Å². The molecule has 0 saturated heterocycles. The van der Waals surface area contributed by atoms with Crippen molar-refractivity contribution in [2.24, 2.45) is 0 Å². The predicted octanol–water partition coefficient (Wildman–Crippen LogP) is -5.31. The maximum atomic E-state index is 10.3. The molecule has 30 heteroatoms.